The molecule has 0 aromatic rings. The van der Waals surface area contributed by atoms with E-state index in [0.29, 0.717) is 11.8 Å². The highest BCUT2D eigenvalue weighted by atomic mass is 16.6. The number of Topliss-reactive ketones (excluding diaryl/α,β-unsaturated/α-hetero) is 2. The first-order chi connectivity index (χ1) is 15.5. The predicted molar refractivity (Wildman–Crippen MR) is 129 cm³/mol. The Morgan fingerprint density at radius 2 is 1.12 bits per heavy atom. The van der Waals surface area contributed by atoms with Gasteiger partial charge in [-0.1, -0.05) is 85.5 Å². The molecule has 1 heterocycles. The van der Waals surface area contributed by atoms with Crippen LogP contribution in [0, 0.1) is 23.7 Å². The molecule has 0 amide bonds. The van der Waals surface area contributed by atoms with Crippen LogP contribution < -0.4 is 0 Å². The Kier molecular flexibility index (Phi) is 10.2. The van der Waals surface area contributed by atoms with E-state index in [-0.39, 0.29) is 47.8 Å². The van der Waals surface area contributed by atoms with Crippen LogP contribution in [-0.4, -0.2) is 36.0 Å². The van der Waals surface area contributed by atoms with Gasteiger partial charge in [0.15, 0.2) is 0 Å². The van der Waals surface area contributed by atoms with Gasteiger partial charge in [-0.05, 0) is 43.9 Å². The number of carbonyl (C=O) groups is 2. The summed E-state index contributed by atoms with van der Waals surface area (Å²) in [7, 11) is 0. The zero-order chi connectivity index (χ0) is 23.1. The Hall–Kier alpha value is -0.740. The summed E-state index contributed by atoms with van der Waals surface area (Å²) >= 11 is 0. The molecule has 8 unspecified atom stereocenters. The number of carbonyl (C=O) groups excluding carboxylic acids is 2. The van der Waals surface area contributed by atoms with Gasteiger partial charge in [0.05, 0.1) is 36.3 Å². The van der Waals surface area contributed by atoms with Crippen molar-refractivity contribution in [2.24, 2.45) is 23.7 Å². The fraction of sp³-hybridized carbons (Fsp3) is 0.929. The first kappa shape index (κ1) is 25.9. The molecule has 4 heteroatoms. The Bertz CT molecular complexity index is 602. The molecule has 8 atom stereocenters. The fourth-order valence-electron chi connectivity index (χ4n) is 6.52. The van der Waals surface area contributed by atoms with Gasteiger partial charge in [0.1, 0.15) is 0 Å². The van der Waals surface area contributed by atoms with Crippen molar-refractivity contribution >= 4 is 11.6 Å². The molecule has 0 spiro atoms. The molecular formula is C28H48O4. The third-order valence-corrected chi connectivity index (χ3v) is 8.34. The normalized spacial score (nSPS) is 37.2. The molecule has 0 N–H and O–H groups in total. The van der Waals surface area contributed by atoms with Gasteiger partial charge in [0.25, 0.3) is 0 Å². The van der Waals surface area contributed by atoms with E-state index >= 15 is 0 Å². The van der Waals surface area contributed by atoms with E-state index in [2.05, 4.69) is 27.7 Å². The van der Waals surface area contributed by atoms with E-state index in [1.165, 1.54) is 44.9 Å². The van der Waals surface area contributed by atoms with Crippen LogP contribution in [0.1, 0.15) is 118 Å². The molecule has 2 aliphatic carbocycles. The Balaban J connectivity index is 1.84. The van der Waals surface area contributed by atoms with Crippen molar-refractivity contribution < 1.29 is 19.1 Å². The molecule has 0 aromatic carbocycles. The summed E-state index contributed by atoms with van der Waals surface area (Å²) in [6.07, 6.45) is 14.9. The third kappa shape index (κ3) is 5.84. The minimum atomic E-state index is -0.309. The van der Waals surface area contributed by atoms with Crippen LogP contribution in [0.15, 0.2) is 0 Å². The second-order valence-electron chi connectivity index (χ2n) is 10.8. The first-order valence-electron chi connectivity index (χ1n) is 13.9. The van der Waals surface area contributed by atoms with E-state index in [0.717, 1.165) is 44.9 Å². The first-order valence-corrected chi connectivity index (χ1v) is 13.9. The number of fused-ring (bicyclic) bond motifs is 2. The zero-order valence-corrected chi connectivity index (χ0v) is 21.2. The molecule has 184 valence electrons. The lowest BCUT2D eigenvalue weighted by atomic mass is 9.69. The quantitative estimate of drug-likeness (QED) is 0.313. The van der Waals surface area contributed by atoms with Crippen molar-refractivity contribution in [3.8, 4) is 0 Å². The van der Waals surface area contributed by atoms with Crippen LogP contribution in [0.2, 0.25) is 0 Å². The molecule has 3 aliphatic rings. The van der Waals surface area contributed by atoms with Crippen molar-refractivity contribution in [3.05, 3.63) is 0 Å². The minimum absolute atomic E-state index is 0.0886. The molecule has 3 rings (SSSR count). The summed E-state index contributed by atoms with van der Waals surface area (Å²) in [5.74, 6) is 0.245. The number of rotatable bonds is 12. The van der Waals surface area contributed by atoms with Gasteiger partial charge in [-0.15, -0.1) is 0 Å². The molecule has 0 bridgehead atoms. The van der Waals surface area contributed by atoms with Gasteiger partial charge in [0.2, 0.25) is 11.6 Å². The lowest BCUT2D eigenvalue weighted by Crippen LogP contribution is -2.64. The predicted octanol–water partition coefficient (Wildman–Crippen LogP) is 6.68. The molecule has 0 aromatic heterocycles. The fourth-order valence-corrected chi connectivity index (χ4v) is 6.52. The summed E-state index contributed by atoms with van der Waals surface area (Å²) in [6, 6.07) is 0. The summed E-state index contributed by atoms with van der Waals surface area (Å²) < 4.78 is 13.8. The number of hydrogen-bond acceptors (Lipinski definition) is 4. The molecule has 1 aliphatic heterocycles. The highest BCUT2D eigenvalue weighted by molar-refractivity contribution is 6.39. The number of ketones is 2. The summed E-state index contributed by atoms with van der Waals surface area (Å²) in [5.41, 5.74) is 0. The lowest BCUT2D eigenvalue weighted by Gasteiger charge is -2.53. The minimum Gasteiger partial charge on any atom is -0.369 e. The Labute approximate surface area is 196 Å². The number of unbranched alkanes of at least 4 members (excludes halogenated alkanes) is 4. The van der Waals surface area contributed by atoms with Gasteiger partial charge < -0.3 is 9.47 Å². The lowest BCUT2D eigenvalue weighted by molar-refractivity contribution is -0.274. The number of ether oxygens (including phenoxy) is 2. The van der Waals surface area contributed by atoms with Crippen molar-refractivity contribution in [3.63, 3.8) is 0 Å². The van der Waals surface area contributed by atoms with Gasteiger partial charge in [-0.25, -0.2) is 0 Å². The molecule has 32 heavy (non-hydrogen) atoms. The van der Waals surface area contributed by atoms with Crippen molar-refractivity contribution in [2.75, 3.05) is 0 Å². The zero-order valence-electron chi connectivity index (χ0n) is 21.2. The van der Waals surface area contributed by atoms with Crippen LogP contribution in [-0.2, 0) is 19.1 Å². The molecule has 2 saturated carbocycles. The van der Waals surface area contributed by atoms with Crippen molar-refractivity contribution in [1.82, 2.24) is 0 Å². The van der Waals surface area contributed by atoms with Gasteiger partial charge >= 0.3 is 0 Å². The summed E-state index contributed by atoms with van der Waals surface area (Å²) in [5, 5.41) is 0. The maximum Gasteiger partial charge on any atom is 0.204 e. The van der Waals surface area contributed by atoms with Crippen molar-refractivity contribution in [1.29, 1.82) is 0 Å². The second kappa shape index (κ2) is 12.6. The van der Waals surface area contributed by atoms with E-state index < -0.39 is 0 Å². The van der Waals surface area contributed by atoms with Gasteiger partial charge in [-0.3, -0.25) is 9.59 Å². The van der Waals surface area contributed by atoms with Crippen LogP contribution in [0.3, 0.4) is 0 Å². The second-order valence-corrected chi connectivity index (χ2v) is 10.8. The van der Waals surface area contributed by atoms with E-state index in [9.17, 15) is 9.59 Å². The highest BCUT2D eigenvalue weighted by Gasteiger charge is 2.56. The SMILES string of the molecule is CCCCC1CC(CCCC)C2OC3C(CCCC)C(=O)C(=O)C(CCCC)C3OC2C1. The summed E-state index contributed by atoms with van der Waals surface area (Å²) in [4.78, 5) is 26.3. The summed E-state index contributed by atoms with van der Waals surface area (Å²) in [6.45, 7) is 8.81. The molecule has 1 saturated heterocycles. The van der Waals surface area contributed by atoms with Crippen molar-refractivity contribution in [2.45, 2.75) is 142 Å². The Morgan fingerprint density at radius 3 is 1.69 bits per heavy atom. The van der Waals surface area contributed by atoms with E-state index in [4.69, 9.17) is 9.47 Å². The van der Waals surface area contributed by atoms with Gasteiger partial charge in [0, 0.05) is 0 Å². The average Bonchev–Trinajstić information content (AvgIpc) is 2.80. The Morgan fingerprint density at radius 1 is 0.625 bits per heavy atom. The largest absolute Gasteiger partial charge is 0.369 e. The maximum absolute atomic E-state index is 13.2. The van der Waals surface area contributed by atoms with Crippen LogP contribution in [0.5, 0.6) is 0 Å². The van der Waals surface area contributed by atoms with Gasteiger partial charge in [-0.2, -0.15) is 0 Å². The smallest absolute Gasteiger partial charge is 0.204 e. The maximum atomic E-state index is 13.2. The standard InChI is InChI=1S/C28H48O4/c1-5-9-13-19-17-20(14-10-6-2)26-23(18-19)31-27-21(15-11-7-3)24(29)25(30)22(16-12-8-4)28(27)32-26/h19-23,26-28H,5-18H2,1-4H3. The molecule has 4 nitrogen and oxygen atoms in total. The highest BCUT2D eigenvalue weighted by Crippen LogP contribution is 2.46. The van der Waals surface area contributed by atoms with Crippen LogP contribution >= 0.6 is 0 Å². The van der Waals surface area contributed by atoms with E-state index in [1.54, 1.807) is 0 Å². The van der Waals surface area contributed by atoms with Crippen LogP contribution in [0.4, 0.5) is 0 Å². The third-order valence-electron chi connectivity index (χ3n) is 8.34. The van der Waals surface area contributed by atoms with Crippen LogP contribution in [0.25, 0.3) is 0 Å². The molecule has 0 radical (unpaired) electrons. The molecular weight excluding hydrogens is 400 g/mol. The monoisotopic (exact) mass is 448 g/mol. The average molecular weight is 449 g/mol. The topological polar surface area (TPSA) is 52.6 Å². The van der Waals surface area contributed by atoms with E-state index in [1.807, 2.05) is 0 Å². The molecule has 3 fully saturated rings. The number of hydrogen-bond donors (Lipinski definition) is 0.